The van der Waals surface area contributed by atoms with Crippen LogP contribution < -0.4 is 19.8 Å². The lowest BCUT2D eigenvalue weighted by molar-refractivity contribution is -0.138. The van der Waals surface area contributed by atoms with Crippen molar-refractivity contribution in [2.75, 3.05) is 42.5 Å². The molecule has 1 aromatic heterocycles. The average molecular weight is 567 g/mol. The van der Waals surface area contributed by atoms with Gasteiger partial charge in [-0.3, -0.25) is 9.59 Å². The Kier molecular flexibility index (Phi) is 8.70. The monoisotopic (exact) mass is 566 g/mol. The number of hydrogen-bond donors (Lipinski definition) is 3. The molecule has 1 fully saturated rings. The van der Waals surface area contributed by atoms with Crippen LogP contribution in [0.3, 0.4) is 0 Å². The van der Waals surface area contributed by atoms with Gasteiger partial charge in [0.1, 0.15) is 6.04 Å². The molecule has 40 heavy (non-hydrogen) atoms. The number of aliphatic carboxylic acids is 1. The van der Waals surface area contributed by atoms with E-state index in [0.29, 0.717) is 30.2 Å². The predicted octanol–water partition coefficient (Wildman–Crippen LogP) is 2.26. The summed E-state index contributed by atoms with van der Waals surface area (Å²) in [6, 6.07) is 13.7. The molecule has 0 spiro atoms. The number of piperazine rings is 1. The highest BCUT2D eigenvalue weighted by Crippen LogP contribution is 2.28. The van der Waals surface area contributed by atoms with Gasteiger partial charge in [0.15, 0.2) is 0 Å². The Hall–Kier alpha value is -4.03. The van der Waals surface area contributed by atoms with E-state index < -0.39 is 39.9 Å². The Labute approximate surface area is 234 Å². The zero-order valence-electron chi connectivity index (χ0n) is 22.7. The van der Waals surface area contributed by atoms with Crippen LogP contribution in [0.2, 0.25) is 0 Å². The van der Waals surface area contributed by atoms with Gasteiger partial charge in [0, 0.05) is 56.4 Å². The van der Waals surface area contributed by atoms with E-state index in [-0.39, 0.29) is 4.90 Å². The molecule has 3 N–H and O–H groups in total. The third-order valence-electron chi connectivity index (χ3n) is 6.63. The first-order valence-electron chi connectivity index (χ1n) is 13.0. The van der Waals surface area contributed by atoms with Gasteiger partial charge in [-0.2, -0.15) is 4.72 Å². The van der Waals surface area contributed by atoms with Crippen LogP contribution in [0.1, 0.15) is 36.7 Å². The van der Waals surface area contributed by atoms with Crippen LogP contribution >= 0.6 is 0 Å². The summed E-state index contributed by atoms with van der Waals surface area (Å²) < 4.78 is 28.6. The molecule has 0 aliphatic carbocycles. The molecule has 0 unspecified atom stereocenters. The first-order valence-corrected chi connectivity index (χ1v) is 14.4. The standard InChI is InChI=1S/C28H34N6O5S/c1-28(2,3)22-10-4-5-11-24(22)40(38,39)32-23(26(36)37)19-31-25(35)20-8-6-9-21(18-20)33-14-16-34(17-15-33)27-29-12-7-13-30-27/h4-13,18,23,32H,14-17,19H2,1-3H3,(H,31,35)(H,36,37)/t23-/m0/s1. The van der Waals surface area contributed by atoms with Crippen molar-refractivity contribution < 1.29 is 23.1 Å². The molecule has 1 saturated heterocycles. The number of aromatic nitrogens is 2. The Balaban J connectivity index is 1.40. The third kappa shape index (κ3) is 6.93. The number of anilines is 2. The summed E-state index contributed by atoms with van der Waals surface area (Å²) in [5, 5.41) is 12.3. The second kappa shape index (κ2) is 12.0. The smallest absolute Gasteiger partial charge is 0.323 e. The SMILES string of the molecule is CC(C)(C)c1ccccc1S(=O)(=O)N[C@@H](CNC(=O)c1cccc(N2CCN(c3ncccn3)CC2)c1)C(=O)O. The van der Waals surface area contributed by atoms with E-state index in [4.69, 9.17) is 0 Å². The third-order valence-corrected chi connectivity index (χ3v) is 8.16. The topological polar surface area (TPSA) is 145 Å². The maximum absolute atomic E-state index is 13.2. The predicted molar refractivity (Wildman–Crippen MR) is 152 cm³/mol. The van der Waals surface area contributed by atoms with Crippen molar-refractivity contribution in [1.82, 2.24) is 20.0 Å². The zero-order chi connectivity index (χ0) is 28.9. The molecule has 1 amide bonds. The van der Waals surface area contributed by atoms with Gasteiger partial charge >= 0.3 is 5.97 Å². The summed E-state index contributed by atoms with van der Waals surface area (Å²) in [4.78, 5) is 37.7. The highest BCUT2D eigenvalue weighted by Gasteiger charge is 2.30. The van der Waals surface area contributed by atoms with Crippen LogP contribution in [0, 0.1) is 0 Å². The summed E-state index contributed by atoms with van der Waals surface area (Å²) in [6.07, 6.45) is 3.42. The quantitative estimate of drug-likeness (QED) is 0.355. The Morgan fingerprint density at radius 2 is 1.60 bits per heavy atom. The van der Waals surface area contributed by atoms with E-state index >= 15 is 0 Å². The molecule has 12 heteroatoms. The zero-order valence-corrected chi connectivity index (χ0v) is 23.6. The molecule has 0 radical (unpaired) electrons. The Bertz CT molecular complexity index is 1450. The number of nitrogens with zero attached hydrogens (tertiary/aromatic N) is 4. The minimum atomic E-state index is -4.18. The lowest BCUT2D eigenvalue weighted by Crippen LogP contribution is -2.48. The first kappa shape index (κ1) is 29.0. The van der Waals surface area contributed by atoms with Crippen LogP contribution in [-0.2, 0) is 20.2 Å². The lowest BCUT2D eigenvalue weighted by Gasteiger charge is -2.36. The molecule has 1 atom stereocenters. The van der Waals surface area contributed by atoms with E-state index in [2.05, 4.69) is 29.8 Å². The number of benzene rings is 2. The number of rotatable bonds is 9. The number of carbonyl (C=O) groups is 2. The molecule has 2 aromatic carbocycles. The molecular formula is C28H34N6O5S. The van der Waals surface area contributed by atoms with Crippen molar-refractivity contribution in [3.63, 3.8) is 0 Å². The summed E-state index contributed by atoms with van der Waals surface area (Å²) in [5.41, 5.74) is 1.28. The fourth-order valence-corrected chi connectivity index (χ4v) is 6.12. The number of nitrogens with one attached hydrogen (secondary N) is 2. The maximum Gasteiger partial charge on any atom is 0.323 e. The van der Waals surface area contributed by atoms with Crippen LogP contribution in [0.4, 0.5) is 11.6 Å². The largest absolute Gasteiger partial charge is 0.480 e. The maximum atomic E-state index is 13.2. The molecule has 212 valence electrons. The summed E-state index contributed by atoms with van der Waals surface area (Å²) in [7, 11) is -4.18. The average Bonchev–Trinajstić information content (AvgIpc) is 2.95. The number of hydrogen-bond acceptors (Lipinski definition) is 8. The van der Waals surface area contributed by atoms with Gasteiger partial charge in [-0.05, 0) is 41.3 Å². The Morgan fingerprint density at radius 3 is 2.25 bits per heavy atom. The first-order chi connectivity index (χ1) is 19.0. The fourth-order valence-electron chi connectivity index (χ4n) is 4.51. The number of carbonyl (C=O) groups excluding carboxylic acids is 1. The number of carboxylic acids is 1. The summed E-state index contributed by atoms with van der Waals surface area (Å²) >= 11 is 0. The van der Waals surface area contributed by atoms with Crippen molar-refractivity contribution in [3.8, 4) is 0 Å². The fraction of sp³-hybridized carbons (Fsp3) is 0.357. The second-order valence-corrected chi connectivity index (χ2v) is 12.2. The van der Waals surface area contributed by atoms with Crippen molar-refractivity contribution in [2.24, 2.45) is 0 Å². The highest BCUT2D eigenvalue weighted by molar-refractivity contribution is 7.89. The number of sulfonamides is 1. The number of amides is 1. The van der Waals surface area contributed by atoms with Crippen molar-refractivity contribution >= 4 is 33.5 Å². The van der Waals surface area contributed by atoms with Gasteiger partial charge in [0.25, 0.3) is 5.91 Å². The van der Waals surface area contributed by atoms with Gasteiger partial charge in [-0.25, -0.2) is 18.4 Å². The van der Waals surface area contributed by atoms with E-state index in [1.165, 1.54) is 6.07 Å². The molecule has 0 saturated carbocycles. The van der Waals surface area contributed by atoms with E-state index in [1.807, 2.05) is 26.8 Å². The van der Waals surface area contributed by atoms with Gasteiger partial charge in [0.05, 0.1) is 4.90 Å². The summed E-state index contributed by atoms with van der Waals surface area (Å²) in [6.45, 7) is 8.07. The molecule has 11 nitrogen and oxygen atoms in total. The van der Waals surface area contributed by atoms with Crippen LogP contribution in [0.15, 0.2) is 71.9 Å². The number of carboxylic acid groups (broad SMARTS) is 1. The van der Waals surface area contributed by atoms with Crippen LogP contribution in [0.25, 0.3) is 0 Å². The molecule has 1 aliphatic heterocycles. The molecule has 4 rings (SSSR count). The minimum Gasteiger partial charge on any atom is -0.480 e. The summed E-state index contributed by atoms with van der Waals surface area (Å²) in [5.74, 6) is -1.22. The van der Waals surface area contributed by atoms with Gasteiger partial charge in [0.2, 0.25) is 16.0 Å². The van der Waals surface area contributed by atoms with E-state index in [0.717, 1.165) is 18.8 Å². The minimum absolute atomic E-state index is 0.00621. The van der Waals surface area contributed by atoms with E-state index in [9.17, 15) is 23.1 Å². The molecule has 3 aromatic rings. The van der Waals surface area contributed by atoms with Crippen molar-refractivity contribution in [2.45, 2.75) is 37.1 Å². The van der Waals surface area contributed by atoms with E-state index in [1.54, 1.807) is 54.9 Å². The Morgan fingerprint density at radius 1 is 0.950 bits per heavy atom. The van der Waals surface area contributed by atoms with Gasteiger partial charge < -0.3 is 20.2 Å². The highest BCUT2D eigenvalue weighted by atomic mass is 32.2. The van der Waals surface area contributed by atoms with Crippen LogP contribution in [0.5, 0.6) is 0 Å². The molecule has 1 aliphatic rings. The molecule has 2 heterocycles. The lowest BCUT2D eigenvalue weighted by atomic mass is 9.87. The molecule has 0 bridgehead atoms. The van der Waals surface area contributed by atoms with Crippen molar-refractivity contribution in [1.29, 1.82) is 0 Å². The van der Waals surface area contributed by atoms with Gasteiger partial charge in [-0.15, -0.1) is 0 Å². The van der Waals surface area contributed by atoms with Crippen LogP contribution in [-0.4, -0.2) is 74.1 Å². The van der Waals surface area contributed by atoms with Gasteiger partial charge in [-0.1, -0.05) is 45.0 Å². The molecular weight excluding hydrogens is 532 g/mol. The second-order valence-electron chi connectivity index (χ2n) is 10.5. The van der Waals surface area contributed by atoms with Crippen molar-refractivity contribution in [3.05, 3.63) is 78.1 Å². The normalized spacial score (nSPS) is 15.0.